The molecule has 0 saturated heterocycles. The van der Waals surface area contributed by atoms with E-state index in [1.807, 2.05) is 0 Å². The van der Waals surface area contributed by atoms with Crippen molar-refractivity contribution >= 4 is 27.5 Å². The molecule has 1 aromatic carbocycles. The molecule has 134 valence electrons. The van der Waals surface area contributed by atoms with Gasteiger partial charge in [0, 0.05) is 0 Å². The highest BCUT2D eigenvalue weighted by Crippen LogP contribution is 2.18. The van der Waals surface area contributed by atoms with Crippen molar-refractivity contribution in [2.24, 2.45) is 0 Å². The van der Waals surface area contributed by atoms with E-state index in [1.54, 1.807) is 12.1 Å². The zero-order valence-corrected chi connectivity index (χ0v) is 14.0. The number of amides is 2. The van der Waals surface area contributed by atoms with Crippen molar-refractivity contribution in [1.29, 1.82) is 0 Å². The second-order valence-corrected chi connectivity index (χ2v) is 6.85. The molecule has 8 nitrogen and oxygen atoms in total. The minimum absolute atomic E-state index is 0.0857. The number of benzene rings is 1. The second-order valence-electron chi connectivity index (χ2n) is 5.10. The van der Waals surface area contributed by atoms with Crippen LogP contribution in [0.3, 0.4) is 0 Å². The summed E-state index contributed by atoms with van der Waals surface area (Å²) in [6.45, 7) is -0.211. The molecule has 0 fully saturated rings. The monoisotopic (exact) mass is 369 g/mol. The van der Waals surface area contributed by atoms with Crippen molar-refractivity contribution in [2.75, 3.05) is 17.5 Å². The van der Waals surface area contributed by atoms with Gasteiger partial charge in [-0.25, -0.2) is 12.8 Å². The Bertz CT molecular complexity index is 865. The molecule has 0 aliphatic carbocycles. The van der Waals surface area contributed by atoms with Crippen LogP contribution >= 0.6 is 0 Å². The first-order valence-electron chi connectivity index (χ1n) is 7.09. The van der Waals surface area contributed by atoms with Crippen LogP contribution in [0.1, 0.15) is 16.1 Å². The lowest BCUT2D eigenvalue weighted by atomic mass is 10.1. The van der Waals surface area contributed by atoms with Gasteiger partial charge in [-0.2, -0.15) is 0 Å². The topological polar surface area (TPSA) is 118 Å². The molecule has 2 aromatic rings. The Morgan fingerprint density at radius 3 is 2.60 bits per heavy atom. The Morgan fingerprint density at radius 1 is 1.20 bits per heavy atom. The summed E-state index contributed by atoms with van der Waals surface area (Å²) in [5.41, 5.74) is -0.318. The largest absolute Gasteiger partial charge is 0.467 e. The van der Waals surface area contributed by atoms with Crippen molar-refractivity contribution in [1.82, 2.24) is 10.6 Å². The number of carbonyl (C=O) groups excluding carboxylic acids is 2. The van der Waals surface area contributed by atoms with E-state index in [-0.39, 0.29) is 24.3 Å². The van der Waals surface area contributed by atoms with Crippen LogP contribution in [0.2, 0.25) is 0 Å². The third-order valence-electron chi connectivity index (χ3n) is 2.97. The predicted molar refractivity (Wildman–Crippen MR) is 87.8 cm³/mol. The number of nitrogens with one attached hydrogen (secondary N) is 3. The fraction of sp³-hybridized carbons (Fsp3) is 0.200. The summed E-state index contributed by atoms with van der Waals surface area (Å²) < 4.78 is 43.2. The van der Waals surface area contributed by atoms with Gasteiger partial charge in [-0.1, -0.05) is 0 Å². The maximum Gasteiger partial charge on any atom is 0.253 e. The lowest BCUT2D eigenvalue weighted by Crippen LogP contribution is -2.36. The van der Waals surface area contributed by atoms with Crippen LogP contribution in [0.25, 0.3) is 0 Å². The highest BCUT2D eigenvalue weighted by Gasteiger charge is 2.16. The van der Waals surface area contributed by atoms with Crippen LogP contribution in [-0.2, 0) is 21.4 Å². The quantitative estimate of drug-likeness (QED) is 0.668. The van der Waals surface area contributed by atoms with Crippen LogP contribution in [0.5, 0.6) is 0 Å². The van der Waals surface area contributed by atoms with Gasteiger partial charge < -0.3 is 15.1 Å². The minimum Gasteiger partial charge on any atom is -0.467 e. The maximum atomic E-state index is 13.4. The third-order valence-corrected chi connectivity index (χ3v) is 3.56. The standard InChI is InChI=1S/C15H16FN3O5S/c1-25(22,23)19-13-5-4-10(16)7-12(13)15(21)18-9-14(20)17-8-11-3-2-6-24-11/h2-7,19H,8-9H2,1H3,(H,17,20)(H,18,21). The number of anilines is 1. The van der Waals surface area contributed by atoms with E-state index in [9.17, 15) is 22.4 Å². The zero-order chi connectivity index (χ0) is 18.4. The Kier molecular flexibility index (Phi) is 5.75. The molecule has 2 rings (SSSR count). The van der Waals surface area contributed by atoms with Gasteiger partial charge in [-0.3, -0.25) is 14.3 Å². The number of furan rings is 1. The Balaban J connectivity index is 1.97. The number of halogens is 1. The molecule has 10 heteroatoms. The maximum absolute atomic E-state index is 13.4. The summed E-state index contributed by atoms with van der Waals surface area (Å²) in [5.74, 6) is -1.45. The summed E-state index contributed by atoms with van der Waals surface area (Å²) >= 11 is 0. The van der Waals surface area contributed by atoms with Gasteiger partial charge >= 0.3 is 0 Å². The number of sulfonamides is 1. The Morgan fingerprint density at radius 2 is 1.96 bits per heavy atom. The lowest BCUT2D eigenvalue weighted by molar-refractivity contribution is -0.120. The first-order valence-corrected chi connectivity index (χ1v) is 8.98. The van der Waals surface area contributed by atoms with Crippen LogP contribution in [0.4, 0.5) is 10.1 Å². The van der Waals surface area contributed by atoms with E-state index in [1.165, 1.54) is 6.26 Å². The SMILES string of the molecule is CS(=O)(=O)Nc1ccc(F)cc1C(=O)NCC(=O)NCc1ccco1. The zero-order valence-electron chi connectivity index (χ0n) is 13.2. The molecule has 0 saturated carbocycles. The van der Waals surface area contributed by atoms with Gasteiger partial charge in [0.25, 0.3) is 5.91 Å². The highest BCUT2D eigenvalue weighted by molar-refractivity contribution is 7.92. The Hall–Kier alpha value is -2.88. The molecule has 0 unspecified atom stereocenters. The second kappa shape index (κ2) is 7.79. The smallest absolute Gasteiger partial charge is 0.253 e. The van der Waals surface area contributed by atoms with Crippen molar-refractivity contribution in [3.8, 4) is 0 Å². The molecule has 0 radical (unpaired) electrons. The van der Waals surface area contributed by atoms with Gasteiger partial charge in [0.05, 0.1) is 36.9 Å². The lowest BCUT2D eigenvalue weighted by Gasteiger charge is -2.11. The molecule has 0 spiro atoms. The van der Waals surface area contributed by atoms with Gasteiger partial charge in [-0.05, 0) is 30.3 Å². The minimum atomic E-state index is -3.65. The molecule has 1 heterocycles. The average molecular weight is 369 g/mol. The van der Waals surface area contributed by atoms with Crippen molar-refractivity contribution < 1.29 is 26.8 Å². The molecule has 25 heavy (non-hydrogen) atoms. The van der Waals surface area contributed by atoms with Gasteiger partial charge in [0.15, 0.2) is 0 Å². The first kappa shape index (κ1) is 18.5. The molecule has 0 aliphatic heterocycles. The van der Waals surface area contributed by atoms with Crippen LogP contribution in [0, 0.1) is 5.82 Å². The average Bonchev–Trinajstić information content (AvgIpc) is 3.04. The van der Waals surface area contributed by atoms with E-state index in [0.29, 0.717) is 5.76 Å². The molecule has 0 aliphatic rings. The van der Waals surface area contributed by atoms with E-state index < -0.39 is 27.7 Å². The Labute approximate surface area is 143 Å². The summed E-state index contributed by atoms with van der Waals surface area (Å²) in [6.07, 6.45) is 2.36. The van der Waals surface area contributed by atoms with E-state index >= 15 is 0 Å². The molecule has 2 amide bonds. The summed E-state index contributed by atoms with van der Waals surface area (Å²) in [5, 5.41) is 4.82. The van der Waals surface area contributed by atoms with Crippen LogP contribution < -0.4 is 15.4 Å². The number of rotatable bonds is 7. The summed E-state index contributed by atoms with van der Waals surface area (Å²) in [4.78, 5) is 23.8. The third kappa shape index (κ3) is 5.92. The predicted octanol–water partition coefficient (Wildman–Crippen LogP) is 0.836. The molecule has 0 atom stereocenters. The fourth-order valence-electron chi connectivity index (χ4n) is 1.91. The van der Waals surface area contributed by atoms with Gasteiger partial charge in [0.2, 0.25) is 15.9 Å². The van der Waals surface area contributed by atoms with Gasteiger partial charge in [0.1, 0.15) is 11.6 Å². The normalized spacial score (nSPS) is 11.0. The summed E-state index contributed by atoms with van der Waals surface area (Å²) in [7, 11) is -3.65. The molecule has 3 N–H and O–H groups in total. The molecular formula is C15H16FN3O5S. The van der Waals surface area contributed by atoms with E-state index in [4.69, 9.17) is 4.42 Å². The fourth-order valence-corrected chi connectivity index (χ4v) is 2.49. The van der Waals surface area contributed by atoms with Gasteiger partial charge in [-0.15, -0.1) is 0 Å². The summed E-state index contributed by atoms with van der Waals surface area (Å²) in [6, 6.07) is 6.37. The van der Waals surface area contributed by atoms with Crippen molar-refractivity contribution in [3.63, 3.8) is 0 Å². The number of carbonyl (C=O) groups is 2. The highest BCUT2D eigenvalue weighted by atomic mass is 32.2. The van der Waals surface area contributed by atoms with Crippen LogP contribution in [-0.4, -0.2) is 33.0 Å². The van der Waals surface area contributed by atoms with E-state index in [0.717, 1.165) is 24.5 Å². The van der Waals surface area contributed by atoms with Crippen LogP contribution in [0.15, 0.2) is 41.0 Å². The number of hydrogen-bond donors (Lipinski definition) is 3. The van der Waals surface area contributed by atoms with E-state index in [2.05, 4.69) is 15.4 Å². The number of hydrogen-bond acceptors (Lipinski definition) is 5. The first-order chi connectivity index (χ1) is 11.7. The molecule has 1 aromatic heterocycles. The molecule has 0 bridgehead atoms. The van der Waals surface area contributed by atoms with Crippen molar-refractivity contribution in [2.45, 2.75) is 6.54 Å². The van der Waals surface area contributed by atoms with Crippen molar-refractivity contribution in [3.05, 3.63) is 53.7 Å². The molecular weight excluding hydrogens is 353 g/mol.